The van der Waals surface area contributed by atoms with Gasteiger partial charge in [0, 0.05) is 36.0 Å². The normalized spacial score (nSPS) is 16.8. The van der Waals surface area contributed by atoms with Crippen molar-refractivity contribution >= 4 is 57.3 Å². The summed E-state index contributed by atoms with van der Waals surface area (Å²) in [5.74, 6) is 0.304. The molecule has 2 atom stereocenters. The molecule has 1 saturated carbocycles. The lowest BCUT2D eigenvalue weighted by molar-refractivity contribution is -0.119. The average molecular weight is 580 g/mol. The predicted octanol–water partition coefficient (Wildman–Crippen LogP) is 7.21. The molecular weight excluding hydrogens is 542 g/mol. The first-order valence-electron chi connectivity index (χ1n) is 14.2. The maximum absolute atomic E-state index is 13.8. The highest BCUT2D eigenvalue weighted by Gasteiger charge is 2.32. The molecule has 0 radical (unpaired) electrons. The Morgan fingerprint density at radius 2 is 2.02 bits per heavy atom. The van der Waals surface area contributed by atoms with Crippen molar-refractivity contribution in [3.8, 4) is 0 Å². The fourth-order valence-electron chi connectivity index (χ4n) is 5.95. The molecule has 3 aromatic rings. The molecule has 0 saturated heterocycles. The van der Waals surface area contributed by atoms with Crippen molar-refractivity contribution in [2.75, 3.05) is 34.0 Å². The molecule has 0 bridgehead atoms. The molecule has 40 heavy (non-hydrogen) atoms. The molecule has 2 N–H and O–H groups in total. The lowest BCUT2D eigenvalue weighted by atomic mass is 9.96. The molecule has 5 rings (SSSR count). The number of carbonyl (C=O) groups is 2. The van der Waals surface area contributed by atoms with Crippen molar-refractivity contribution in [1.29, 1.82) is 0 Å². The monoisotopic (exact) mass is 579 g/mol. The number of halogens is 1. The van der Waals surface area contributed by atoms with Gasteiger partial charge in [-0.1, -0.05) is 37.3 Å². The highest BCUT2D eigenvalue weighted by atomic mass is 35.5. The van der Waals surface area contributed by atoms with E-state index in [1.165, 1.54) is 35.4 Å². The minimum Gasteiger partial charge on any atom is -0.376 e. The van der Waals surface area contributed by atoms with Gasteiger partial charge in [-0.15, -0.1) is 11.3 Å². The van der Waals surface area contributed by atoms with E-state index in [2.05, 4.69) is 46.6 Å². The van der Waals surface area contributed by atoms with Crippen LogP contribution in [-0.4, -0.2) is 36.9 Å². The fourth-order valence-corrected chi connectivity index (χ4v) is 7.13. The number of anilines is 4. The summed E-state index contributed by atoms with van der Waals surface area (Å²) < 4.78 is 0. The van der Waals surface area contributed by atoms with Crippen LogP contribution in [0.2, 0.25) is 5.02 Å². The molecule has 1 aliphatic carbocycles. The lowest BCUT2D eigenvalue weighted by Crippen LogP contribution is -2.44. The van der Waals surface area contributed by atoms with Crippen LogP contribution in [0.15, 0.2) is 42.6 Å². The molecule has 2 aliphatic rings. The van der Waals surface area contributed by atoms with Crippen LogP contribution in [-0.2, 0) is 16.0 Å². The highest BCUT2D eigenvalue weighted by molar-refractivity contribution is 7.16. The number of hydrogen-bond acceptors (Lipinski definition) is 6. The second-order valence-electron chi connectivity index (χ2n) is 11.1. The number of fused-ring (bicyclic) bond motifs is 1. The number of thiophene rings is 1. The molecule has 1 fully saturated rings. The summed E-state index contributed by atoms with van der Waals surface area (Å²) in [7, 11) is 2.11. The quantitative estimate of drug-likeness (QED) is 0.248. The van der Waals surface area contributed by atoms with Gasteiger partial charge in [0.15, 0.2) is 0 Å². The number of nitrogens with one attached hydrogen (secondary N) is 2. The van der Waals surface area contributed by atoms with E-state index in [0.717, 1.165) is 65.6 Å². The molecule has 9 heteroatoms. The largest absolute Gasteiger partial charge is 0.376 e. The van der Waals surface area contributed by atoms with Gasteiger partial charge in [-0.25, -0.2) is 0 Å². The van der Waals surface area contributed by atoms with Crippen molar-refractivity contribution in [1.82, 2.24) is 4.98 Å². The number of carbonyl (C=O) groups excluding carboxylic acids is 2. The molecule has 2 aromatic heterocycles. The first kappa shape index (κ1) is 28.4. The van der Waals surface area contributed by atoms with E-state index in [0.29, 0.717) is 17.4 Å². The van der Waals surface area contributed by atoms with Gasteiger partial charge in [0.25, 0.3) is 0 Å². The standard InChI is InChI=1S/C31H38ClN5O2S/c1-20-26(17-24(32)18-33-20)34-21(2)29-12-13-30(40-29)37(19-38)28(15-22-7-4-5-8-22)31(39)35-25-10-11-27-23(16-25)9-6-14-36(27)3/h10-13,16-19,21-22,28,34H,4-9,14-15H2,1-3H3,(H,35,39)/t21-,28-/m0/s1. The van der Waals surface area contributed by atoms with E-state index in [1.807, 2.05) is 31.2 Å². The number of aryl methyl sites for hydroxylation is 2. The van der Waals surface area contributed by atoms with Gasteiger partial charge in [0.2, 0.25) is 12.3 Å². The van der Waals surface area contributed by atoms with Gasteiger partial charge in [0.05, 0.1) is 27.4 Å². The van der Waals surface area contributed by atoms with Crippen LogP contribution >= 0.6 is 22.9 Å². The van der Waals surface area contributed by atoms with Crippen molar-refractivity contribution in [2.24, 2.45) is 5.92 Å². The van der Waals surface area contributed by atoms with Crippen LogP contribution in [0.3, 0.4) is 0 Å². The second kappa shape index (κ2) is 12.6. The summed E-state index contributed by atoms with van der Waals surface area (Å²) in [6, 6.07) is 11.4. The van der Waals surface area contributed by atoms with Crippen LogP contribution in [0.25, 0.3) is 0 Å². The Morgan fingerprint density at radius 3 is 2.80 bits per heavy atom. The fraction of sp³-hybridized carbons (Fsp3) is 0.452. The molecule has 1 aliphatic heterocycles. The molecule has 7 nitrogen and oxygen atoms in total. The first-order valence-corrected chi connectivity index (χ1v) is 15.4. The summed E-state index contributed by atoms with van der Waals surface area (Å²) in [5.41, 5.74) is 5.00. The van der Waals surface area contributed by atoms with Crippen LogP contribution < -0.4 is 20.4 Å². The molecule has 212 valence electrons. The summed E-state index contributed by atoms with van der Waals surface area (Å²) in [6.07, 6.45) is 9.79. The number of amides is 2. The zero-order valence-electron chi connectivity index (χ0n) is 23.5. The number of pyridine rings is 1. The van der Waals surface area contributed by atoms with Gasteiger partial charge >= 0.3 is 0 Å². The van der Waals surface area contributed by atoms with Crippen LogP contribution in [0.1, 0.15) is 67.6 Å². The number of rotatable bonds is 10. The van der Waals surface area contributed by atoms with Gasteiger partial charge in [-0.05, 0) is 81.0 Å². The van der Waals surface area contributed by atoms with Gasteiger partial charge in [0.1, 0.15) is 6.04 Å². The second-order valence-corrected chi connectivity index (χ2v) is 12.6. The zero-order valence-corrected chi connectivity index (χ0v) is 25.0. The van der Waals surface area contributed by atoms with Crippen molar-refractivity contribution in [3.05, 3.63) is 63.8 Å². The van der Waals surface area contributed by atoms with Gasteiger partial charge in [-0.2, -0.15) is 0 Å². The third-order valence-electron chi connectivity index (χ3n) is 8.20. The average Bonchev–Trinajstić information content (AvgIpc) is 3.64. The summed E-state index contributed by atoms with van der Waals surface area (Å²) in [5, 5.41) is 7.98. The van der Waals surface area contributed by atoms with Crippen molar-refractivity contribution < 1.29 is 9.59 Å². The molecule has 0 unspecified atom stereocenters. The van der Waals surface area contributed by atoms with Crippen LogP contribution in [0.5, 0.6) is 0 Å². The highest BCUT2D eigenvalue weighted by Crippen LogP contribution is 2.36. The van der Waals surface area contributed by atoms with E-state index >= 15 is 0 Å². The Kier molecular flexibility index (Phi) is 8.96. The molecule has 0 spiro atoms. The SMILES string of the molecule is Cc1ncc(Cl)cc1N[C@@H](C)c1ccc(N(C=O)[C@@H](CC2CCCC2)C(=O)Nc2ccc3c(c2)CCCN3C)s1. The van der Waals surface area contributed by atoms with Crippen molar-refractivity contribution in [2.45, 2.75) is 70.9 Å². The molecular formula is C31H38ClN5O2S. The Hall–Kier alpha value is -3.10. The number of hydrogen-bond donors (Lipinski definition) is 2. The van der Waals surface area contributed by atoms with Crippen molar-refractivity contribution in [3.63, 3.8) is 0 Å². The van der Waals surface area contributed by atoms with E-state index < -0.39 is 6.04 Å². The lowest BCUT2D eigenvalue weighted by Gasteiger charge is -2.30. The first-order chi connectivity index (χ1) is 19.3. The third-order valence-corrected chi connectivity index (χ3v) is 9.69. The smallest absolute Gasteiger partial charge is 0.247 e. The summed E-state index contributed by atoms with van der Waals surface area (Å²) in [4.78, 5) is 35.7. The van der Waals surface area contributed by atoms with Crippen LogP contribution in [0, 0.1) is 12.8 Å². The topological polar surface area (TPSA) is 77.6 Å². The summed E-state index contributed by atoms with van der Waals surface area (Å²) in [6.45, 7) is 5.05. The third kappa shape index (κ3) is 6.44. The number of benzene rings is 1. The minimum absolute atomic E-state index is 0.0260. The Balaban J connectivity index is 1.36. The summed E-state index contributed by atoms with van der Waals surface area (Å²) >= 11 is 7.68. The Bertz CT molecular complexity index is 1360. The zero-order chi connectivity index (χ0) is 28.2. The maximum Gasteiger partial charge on any atom is 0.247 e. The predicted molar refractivity (Wildman–Crippen MR) is 166 cm³/mol. The molecule has 2 amide bonds. The van der Waals surface area contributed by atoms with E-state index in [1.54, 1.807) is 11.1 Å². The van der Waals surface area contributed by atoms with Gasteiger partial charge in [-0.3, -0.25) is 19.5 Å². The van der Waals surface area contributed by atoms with Gasteiger partial charge < -0.3 is 15.5 Å². The van der Waals surface area contributed by atoms with E-state index in [9.17, 15) is 9.59 Å². The number of nitrogens with zero attached hydrogens (tertiary/aromatic N) is 3. The molecule has 3 heterocycles. The molecule has 1 aromatic carbocycles. The Morgan fingerprint density at radius 1 is 1.23 bits per heavy atom. The Labute approximate surface area is 245 Å². The van der Waals surface area contributed by atoms with E-state index in [-0.39, 0.29) is 11.9 Å². The number of aromatic nitrogens is 1. The van der Waals surface area contributed by atoms with Crippen LogP contribution in [0.4, 0.5) is 22.1 Å². The van der Waals surface area contributed by atoms with E-state index in [4.69, 9.17) is 11.6 Å². The minimum atomic E-state index is -0.576. The maximum atomic E-state index is 13.8.